The lowest BCUT2D eigenvalue weighted by Crippen LogP contribution is -2.21. The largest absolute Gasteiger partial charge is 0.522 e. The van der Waals surface area contributed by atoms with Crippen molar-refractivity contribution < 1.29 is 30.9 Å². The van der Waals surface area contributed by atoms with E-state index in [4.69, 9.17) is 17.7 Å². The van der Waals surface area contributed by atoms with E-state index in [1.165, 1.54) is 0 Å². The van der Waals surface area contributed by atoms with Crippen molar-refractivity contribution >= 4 is 27.2 Å². The highest BCUT2D eigenvalue weighted by atomic mass is 32.2. The number of methoxy groups -OCH3 is 1. The summed E-state index contributed by atoms with van der Waals surface area (Å²) in [5.41, 5.74) is -2.90. The zero-order valence-corrected chi connectivity index (χ0v) is 12.0. The van der Waals surface area contributed by atoms with Crippen molar-refractivity contribution in [2.75, 3.05) is 7.11 Å². The summed E-state index contributed by atoms with van der Waals surface area (Å²) in [6, 6.07) is 5.55. The topological polar surface area (TPSA) is 89.4 Å². The molecule has 0 saturated heterocycles. The van der Waals surface area contributed by atoms with Gasteiger partial charge in [-0.1, -0.05) is 12.7 Å². The third-order valence-corrected chi connectivity index (χ3v) is 2.90. The van der Waals surface area contributed by atoms with E-state index >= 15 is 0 Å². The van der Waals surface area contributed by atoms with Gasteiger partial charge in [0, 0.05) is 17.8 Å². The molecule has 10 heteroatoms. The van der Waals surface area contributed by atoms with Gasteiger partial charge in [0.2, 0.25) is 5.88 Å². The van der Waals surface area contributed by atoms with Crippen molar-refractivity contribution in [3.8, 4) is 5.88 Å². The van der Waals surface area contributed by atoms with E-state index in [1.54, 1.807) is 25.4 Å². The number of halogens is 3. The summed E-state index contributed by atoms with van der Waals surface area (Å²) >= 11 is 0. The fraction of sp³-hybridized carbons (Fsp3) is 0.167. The molecule has 0 amide bonds. The molecule has 120 valence electrons. The Morgan fingerprint density at radius 3 is 2.36 bits per heavy atom. The van der Waals surface area contributed by atoms with Crippen molar-refractivity contribution in [1.29, 1.82) is 0 Å². The second-order valence-corrected chi connectivity index (χ2v) is 5.16. The molecular weight excluding hydrogens is 325 g/mol. The average molecular weight is 336 g/mol. The van der Waals surface area contributed by atoms with Crippen LogP contribution in [0.2, 0.25) is 0 Å². The maximum absolute atomic E-state index is 10.7. The van der Waals surface area contributed by atoms with Crippen molar-refractivity contribution in [2.24, 2.45) is 0 Å². The third-order valence-electron chi connectivity index (χ3n) is 2.31. The van der Waals surface area contributed by atoms with E-state index in [-0.39, 0.29) is 0 Å². The maximum Gasteiger partial charge on any atom is 0.522 e. The molecule has 2 heterocycles. The van der Waals surface area contributed by atoms with Crippen molar-refractivity contribution in [3.05, 3.63) is 36.5 Å². The summed E-state index contributed by atoms with van der Waals surface area (Å²) in [7, 11) is -4.24. The van der Waals surface area contributed by atoms with Crippen LogP contribution in [0.25, 0.3) is 17.1 Å². The first kappa shape index (κ1) is 17.9. The second kappa shape index (κ2) is 6.71. The van der Waals surface area contributed by atoms with Crippen LogP contribution in [0.15, 0.2) is 31.0 Å². The molecule has 22 heavy (non-hydrogen) atoms. The molecular formula is C12H11F3N2O4S. The first-order chi connectivity index (χ1) is 10.1. The normalized spacial score (nSPS) is 11.5. The van der Waals surface area contributed by atoms with Gasteiger partial charge in [0.05, 0.1) is 18.1 Å². The lowest BCUT2D eigenvalue weighted by Gasteiger charge is -2.02. The molecule has 0 radical (unpaired) electrons. The van der Waals surface area contributed by atoms with Crippen molar-refractivity contribution in [1.82, 2.24) is 9.97 Å². The number of nitrogens with zero attached hydrogens (tertiary/aromatic N) is 2. The minimum Gasteiger partial charge on any atom is -0.481 e. The number of rotatable bonds is 2. The van der Waals surface area contributed by atoms with E-state index < -0.39 is 15.6 Å². The van der Waals surface area contributed by atoms with Gasteiger partial charge in [0.15, 0.2) is 0 Å². The van der Waals surface area contributed by atoms with Gasteiger partial charge >= 0.3 is 15.6 Å². The smallest absolute Gasteiger partial charge is 0.481 e. The molecule has 0 atom stereocenters. The zero-order valence-electron chi connectivity index (χ0n) is 11.2. The Bertz CT molecular complexity index is 776. The van der Waals surface area contributed by atoms with Crippen LogP contribution in [0.1, 0.15) is 5.56 Å². The number of fused-ring (bicyclic) bond motifs is 1. The lowest BCUT2D eigenvalue weighted by atomic mass is 10.2. The molecule has 0 bridgehead atoms. The summed E-state index contributed by atoms with van der Waals surface area (Å²) in [6.07, 6.45) is 3.50. The lowest BCUT2D eigenvalue weighted by molar-refractivity contribution is -0.0510. The number of hydrogen-bond acceptors (Lipinski definition) is 5. The van der Waals surface area contributed by atoms with E-state index in [0.717, 1.165) is 16.6 Å². The molecule has 2 aromatic heterocycles. The summed E-state index contributed by atoms with van der Waals surface area (Å²) < 4.78 is 62.6. The summed E-state index contributed by atoms with van der Waals surface area (Å²) in [5.74, 6) is 0.591. The fourth-order valence-electron chi connectivity index (χ4n) is 1.31. The van der Waals surface area contributed by atoms with Crippen LogP contribution in [0.3, 0.4) is 0 Å². The molecule has 0 spiro atoms. The molecule has 0 aromatic carbocycles. The van der Waals surface area contributed by atoms with Gasteiger partial charge in [-0.2, -0.15) is 21.6 Å². The number of ether oxygens (including phenoxy) is 1. The molecule has 0 aliphatic carbocycles. The van der Waals surface area contributed by atoms with Crippen molar-refractivity contribution in [2.45, 2.75) is 5.51 Å². The summed E-state index contributed by atoms with van der Waals surface area (Å²) in [6.45, 7) is 3.73. The van der Waals surface area contributed by atoms with Crippen LogP contribution in [-0.2, 0) is 10.1 Å². The third kappa shape index (κ3) is 4.40. The number of alkyl halides is 3. The number of hydrogen-bond donors (Lipinski definition) is 1. The van der Waals surface area contributed by atoms with E-state index in [0.29, 0.717) is 5.88 Å². The van der Waals surface area contributed by atoms with Gasteiger partial charge in [-0.15, -0.1) is 0 Å². The zero-order chi connectivity index (χ0) is 17.0. The summed E-state index contributed by atoms with van der Waals surface area (Å²) in [5, 5.41) is 0. The standard InChI is InChI=1S/C11H10N2O.CHF3O3S/c1-3-8-6-7-12-9-4-5-10(14-2)13-11(8)9;2-1(3,4)8(5,6)7/h3-7H,1H2,2H3;(H,5,6,7). The molecule has 2 aromatic rings. The van der Waals surface area contributed by atoms with Crippen LogP contribution in [0.4, 0.5) is 13.2 Å². The van der Waals surface area contributed by atoms with Gasteiger partial charge < -0.3 is 4.74 Å². The van der Waals surface area contributed by atoms with Crippen LogP contribution in [-0.4, -0.2) is 35.6 Å². The Kier molecular flexibility index (Phi) is 5.44. The van der Waals surface area contributed by atoms with E-state index in [1.807, 2.05) is 12.1 Å². The number of aromatic nitrogens is 2. The van der Waals surface area contributed by atoms with Crippen molar-refractivity contribution in [3.63, 3.8) is 0 Å². The fourth-order valence-corrected chi connectivity index (χ4v) is 1.31. The SMILES string of the molecule is C=Cc1ccnc2ccc(OC)nc12.O=S(=O)(O)C(F)(F)F. The Balaban J connectivity index is 0.000000261. The molecule has 2 rings (SSSR count). The first-order valence-corrected chi connectivity index (χ1v) is 7.00. The maximum atomic E-state index is 10.7. The monoisotopic (exact) mass is 336 g/mol. The quantitative estimate of drug-likeness (QED) is 0.670. The minimum atomic E-state index is -5.84. The van der Waals surface area contributed by atoms with Gasteiger partial charge in [0.1, 0.15) is 0 Å². The Morgan fingerprint density at radius 1 is 1.32 bits per heavy atom. The van der Waals surface area contributed by atoms with E-state index in [2.05, 4.69) is 16.5 Å². The predicted molar refractivity (Wildman–Crippen MR) is 73.8 cm³/mol. The molecule has 0 saturated carbocycles. The molecule has 0 aliphatic heterocycles. The molecule has 1 N–H and O–H groups in total. The second-order valence-electron chi connectivity index (χ2n) is 3.75. The van der Waals surface area contributed by atoms with Crippen LogP contribution >= 0.6 is 0 Å². The van der Waals surface area contributed by atoms with Gasteiger partial charge in [-0.3, -0.25) is 9.54 Å². The number of pyridine rings is 2. The highest BCUT2D eigenvalue weighted by molar-refractivity contribution is 7.86. The van der Waals surface area contributed by atoms with Gasteiger partial charge in [-0.05, 0) is 12.1 Å². The molecule has 0 unspecified atom stereocenters. The first-order valence-electron chi connectivity index (χ1n) is 5.56. The Hall–Kier alpha value is -2.20. The molecule has 0 aliphatic rings. The van der Waals surface area contributed by atoms with Crippen LogP contribution < -0.4 is 4.74 Å². The Morgan fingerprint density at radius 2 is 1.91 bits per heavy atom. The van der Waals surface area contributed by atoms with E-state index in [9.17, 15) is 13.2 Å². The minimum absolute atomic E-state index is 0.591. The molecule has 0 fully saturated rings. The van der Waals surface area contributed by atoms with Crippen LogP contribution in [0, 0.1) is 0 Å². The van der Waals surface area contributed by atoms with Gasteiger partial charge in [-0.25, -0.2) is 4.98 Å². The van der Waals surface area contributed by atoms with Crippen LogP contribution in [0.5, 0.6) is 5.88 Å². The highest BCUT2D eigenvalue weighted by Crippen LogP contribution is 2.20. The van der Waals surface area contributed by atoms with Gasteiger partial charge in [0.25, 0.3) is 0 Å². The summed E-state index contributed by atoms with van der Waals surface area (Å²) in [4.78, 5) is 8.51. The predicted octanol–water partition coefficient (Wildman–Crippen LogP) is 2.68. The average Bonchev–Trinajstić information content (AvgIpc) is 2.44. The Labute approximate surface area is 124 Å². The molecule has 6 nitrogen and oxygen atoms in total. The highest BCUT2D eigenvalue weighted by Gasteiger charge is 2.44.